The first-order chi connectivity index (χ1) is 10.4. The number of nitrogens with zero attached hydrogens (tertiary/aromatic N) is 1. The molecular formula is C13H15N3O5S. The van der Waals surface area contributed by atoms with E-state index < -0.39 is 23.1 Å². The summed E-state index contributed by atoms with van der Waals surface area (Å²) >= 11 is 0.984. The number of aromatic nitrogens is 2. The number of primary amides is 1. The van der Waals surface area contributed by atoms with Crippen molar-refractivity contribution in [2.75, 3.05) is 7.11 Å². The Kier molecular flexibility index (Phi) is 4.45. The average molecular weight is 325 g/mol. The first-order valence-corrected chi connectivity index (χ1v) is 7.31. The van der Waals surface area contributed by atoms with Crippen LogP contribution in [0.2, 0.25) is 0 Å². The van der Waals surface area contributed by atoms with Gasteiger partial charge in [-0.15, -0.1) is 11.3 Å². The number of rotatable bonds is 5. The fourth-order valence-corrected chi connectivity index (χ4v) is 3.21. The molecule has 2 aromatic heterocycles. The van der Waals surface area contributed by atoms with Crippen molar-refractivity contribution in [3.8, 4) is 0 Å². The number of aromatic amines is 1. The SMILES string of the molecule is COC(=O)CCCn1c(=O)[nH]c2sc(C(N)=O)c(C)c2c1=O. The molecule has 3 N–H and O–H groups in total. The molecule has 0 aliphatic heterocycles. The lowest BCUT2D eigenvalue weighted by atomic mass is 10.2. The lowest BCUT2D eigenvalue weighted by molar-refractivity contribution is -0.140. The highest BCUT2D eigenvalue weighted by Gasteiger charge is 2.18. The number of methoxy groups -OCH3 is 1. The van der Waals surface area contributed by atoms with E-state index in [9.17, 15) is 19.2 Å². The Labute approximate surface area is 128 Å². The van der Waals surface area contributed by atoms with Crippen molar-refractivity contribution in [2.24, 2.45) is 5.73 Å². The summed E-state index contributed by atoms with van der Waals surface area (Å²) in [6, 6.07) is 0. The summed E-state index contributed by atoms with van der Waals surface area (Å²) in [5.74, 6) is -1.05. The minimum atomic E-state index is -0.642. The van der Waals surface area contributed by atoms with Crippen LogP contribution < -0.4 is 17.0 Å². The van der Waals surface area contributed by atoms with Gasteiger partial charge in [0, 0.05) is 13.0 Å². The van der Waals surface area contributed by atoms with E-state index in [2.05, 4.69) is 9.72 Å². The second-order valence-electron chi connectivity index (χ2n) is 4.69. The van der Waals surface area contributed by atoms with E-state index in [1.807, 2.05) is 0 Å². The number of aryl methyl sites for hydroxylation is 1. The summed E-state index contributed by atoms with van der Waals surface area (Å²) in [5.41, 5.74) is 4.63. The Balaban J connectivity index is 2.46. The number of esters is 1. The number of hydrogen-bond donors (Lipinski definition) is 2. The average Bonchev–Trinajstić information content (AvgIpc) is 2.79. The fraction of sp³-hybridized carbons (Fsp3) is 0.385. The lowest BCUT2D eigenvalue weighted by Gasteiger charge is -2.04. The van der Waals surface area contributed by atoms with Gasteiger partial charge in [-0.1, -0.05) is 0 Å². The maximum absolute atomic E-state index is 12.4. The number of thiophene rings is 1. The molecule has 2 heterocycles. The standard InChI is InChI=1S/C13H15N3O5S/c1-6-8-11(22-9(6)10(14)18)15-13(20)16(12(8)19)5-3-4-7(17)21-2/h3-5H2,1-2H3,(H2,14,18)(H,15,20). The number of carbonyl (C=O) groups is 2. The van der Waals surface area contributed by atoms with Gasteiger partial charge in [0.05, 0.1) is 17.4 Å². The molecule has 0 bridgehead atoms. The molecule has 0 aliphatic carbocycles. The number of nitrogens with two attached hydrogens (primary N) is 1. The van der Waals surface area contributed by atoms with Gasteiger partial charge in [-0.05, 0) is 18.9 Å². The predicted octanol–water partition coefficient (Wildman–Crippen LogP) is 0.112. The molecule has 2 rings (SSSR count). The van der Waals surface area contributed by atoms with Crippen molar-refractivity contribution in [2.45, 2.75) is 26.3 Å². The Hall–Kier alpha value is -2.42. The van der Waals surface area contributed by atoms with Crippen LogP contribution in [0.5, 0.6) is 0 Å². The van der Waals surface area contributed by atoms with Crippen LogP contribution in [0.25, 0.3) is 10.2 Å². The van der Waals surface area contributed by atoms with Crippen LogP contribution in [0.15, 0.2) is 9.59 Å². The molecule has 0 aliphatic rings. The van der Waals surface area contributed by atoms with Crippen LogP contribution in [0.1, 0.15) is 28.1 Å². The molecule has 2 aromatic rings. The first-order valence-electron chi connectivity index (χ1n) is 6.49. The topological polar surface area (TPSA) is 124 Å². The third-order valence-electron chi connectivity index (χ3n) is 3.29. The highest BCUT2D eigenvalue weighted by atomic mass is 32.1. The number of carbonyl (C=O) groups excluding carboxylic acids is 2. The minimum Gasteiger partial charge on any atom is -0.469 e. The van der Waals surface area contributed by atoms with Gasteiger partial charge in [-0.25, -0.2) is 4.79 Å². The monoisotopic (exact) mass is 325 g/mol. The van der Waals surface area contributed by atoms with Crippen LogP contribution in [-0.2, 0) is 16.1 Å². The van der Waals surface area contributed by atoms with Crippen molar-refractivity contribution in [1.82, 2.24) is 9.55 Å². The van der Waals surface area contributed by atoms with E-state index in [0.717, 1.165) is 15.9 Å². The third-order valence-corrected chi connectivity index (χ3v) is 4.51. The van der Waals surface area contributed by atoms with E-state index in [1.54, 1.807) is 6.92 Å². The Morgan fingerprint density at radius 2 is 2.05 bits per heavy atom. The molecule has 22 heavy (non-hydrogen) atoms. The molecule has 0 saturated carbocycles. The number of amides is 1. The summed E-state index contributed by atoms with van der Waals surface area (Å²) in [7, 11) is 1.27. The van der Waals surface area contributed by atoms with Gasteiger partial charge in [-0.3, -0.25) is 23.9 Å². The van der Waals surface area contributed by atoms with Crippen molar-refractivity contribution in [1.29, 1.82) is 0 Å². The quantitative estimate of drug-likeness (QED) is 0.755. The molecule has 0 spiro atoms. The second kappa shape index (κ2) is 6.14. The normalized spacial score (nSPS) is 10.8. The van der Waals surface area contributed by atoms with Gasteiger partial charge in [0.2, 0.25) is 0 Å². The zero-order valence-electron chi connectivity index (χ0n) is 12.1. The predicted molar refractivity (Wildman–Crippen MR) is 81.2 cm³/mol. The lowest BCUT2D eigenvalue weighted by Crippen LogP contribution is -2.35. The number of hydrogen-bond acceptors (Lipinski definition) is 6. The third kappa shape index (κ3) is 2.80. The first kappa shape index (κ1) is 16.0. The van der Waals surface area contributed by atoms with Crippen molar-refractivity contribution < 1.29 is 14.3 Å². The van der Waals surface area contributed by atoms with Crippen LogP contribution in [0.4, 0.5) is 0 Å². The summed E-state index contributed by atoms with van der Waals surface area (Å²) in [6.07, 6.45) is 0.405. The Bertz CT molecular complexity index is 861. The number of fused-ring (bicyclic) bond motifs is 1. The molecule has 0 aromatic carbocycles. The van der Waals surface area contributed by atoms with Crippen LogP contribution in [-0.4, -0.2) is 28.5 Å². The second-order valence-corrected chi connectivity index (χ2v) is 5.71. The fourth-order valence-electron chi connectivity index (χ4n) is 2.17. The largest absolute Gasteiger partial charge is 0.469 e. The van der Waals surface area contributed by atoms with E-state index in [1.165, 1.54) is 7.11 Å². The Morgan fingerprint density at radius 3 is 2.64 bits per heavy atom. The molecule has 9 heteroatoms. The molecule has 0 unspecified atom stereocenters. The highest BCUT2D eigenvalue weighted by Crippen LogP contribution is 2.25. The highest BCUT2D eigenvalue weighted by molar-refractivity contribution is 7.20. The van der Waals surface area contributed by atoms with E-state index in [-0.39, 0.29) is 23.2 Å². The zero-order valence-corrected chi connectivity index (χ0v) is 12.9. The smallest absolute Gasteiger partial charge is 0.329 e. The van der Waals surface area contributed by atoms with Gasteiger partial charge in [-0.2, -0.15) is 0 Å². The summed E-state index contributed by atoms with van der Waals surface area (Å²) in [5, 5.41) is 0.275. The summed E-state index contributed by atoms with van der Waals surface area (Å²) in [4.78, 5) is 49.9. The molecule has 1 amide bonds. The van der Waals surface area contributed by atoms with E-state index >= 15 is 0 Å². The molecule has 0 fully saturated rings. The zero-order chi connectivity index (χ0) is 16.4. The van der Waals surface area contributed by atoms with Gasteiger partial charge in [0.1, 0.15) is 4.83 Å². The molecular weight excluding hydrogens is 310 g/mol. The maximum atomic E-state index is 12.4. The number of nitrogens with one attached hydrogen (secondary N) is 1. The van der Waals surface area contributed by atoms with Crippen molar-refractivity contribution in [3.63, 3.8) is 0 Å². The van der Waals surface area contributed by atoms with Crippen LogP contribution in [0.3, 0.4) is 0 Å². The molecule has 0 saturated heterocycles. The minimum absolute atomic E-state index is 0.0837. The number of ether oxygens (including phenoxy) is 1. The van der Waals surface area contributed by atoms with Crippen LogP contribution in [0, 0.1) is 6.92 Å². The van der Waals surface area contributed by atoms with Gasteiger partial charge in [0.15, 0.2) is 0 Å². The van der Waals surface area contributed by atoms with Gasteiger partial charge >= 0.3 is 11.7 Å². The van der Waals surface area contributed by atoms with Crippen molar-refractivity contribution in [3.05, 3.63) is 31.3 Å². The number of H-pyrrole nitrogens is 1. The summed E-state index contributed by atoms with van der Waals surface area (Å²) in [6.45, 7) is 1.69. The summed E-state index contributed by atoms with van der Waals surface area (Å²) < 4.78 is 5.52. The van der Waals surface area contributed by atoms with E-state index in [4.69, 9.17) is 5.73 Å². The van der Waals surface area contributed by atoms with Gasteiger partial charge in [0.25, 0.3) is 11.5 Å². The molecule has 8 nitrogen and oxygen atoms in total. The maximum Gasteiger partial charge on any atom is 0.329 e. The molecule has 118 valence electrons. The van der Waals surface area contributed by atoms with Crippen molar-refractivity contribution >= 4 is 33.4 Å². The van der Waals surface area contributed by atoms with Crippen LogP contribution >= 0.6 is 11.3 Å². The molecule has 0 radical (unpaired) electrons. The van der Waals surface area contributed by atoms with E-state index in [0.29, 0.717) is 16.8 Å². The Morgan fingerprint density at radius 1 is 1.36 bits per heavy atom. The van der Waals surface area contributed by atoms with Gasteiger partial charge < -0.3 is 10.5 Å². The molecule has 0 atom stereocenters.